The Morgan fingerprint density at radius 3 is 2.25 bits per heavy atom. The summed E-state index contributed by atoms with van der Waals surface area (Å²) in [6, 6.07) is 18.5. The molecule has 1 aliphatic rings. The molecule has 0 aromatic heterocycles. The zero-order valence-corrected chi connectivity index (χ0v) is 10.9. The smallest absolute Gasteiger partial charge is 0.324 e. The maximum absolute atomic E-state index is 12.0. The lowest BCUT2D eigenvalue weighted by Gasteiger charge is -2.21. The van der Waals surface area contributed by atoms with Crippen molar-refractivity contribution in [3.8, 4) is 0 Å². The Kier molecular flexibility index (Phi) is 3.39. The summed E-state index contributed by atoms with van der Waals surface area (Å²) in [5.41, 5.74) is 1.79. The summed E-state index contributed by atoms with van der Waals surface area (Å²) in [5, 5.41) is 13.2. The van der Waals surface area contributed by atoms with Crippen molar-refractivity contribution in [3.63, 3.8) is 0 Å². The van der Waals surface area contributed by atoms with Crippen molar-refractivity contribution in [2.24, 2.45) is 0 Å². The lowest BCUT2D eigenvalue weighted by molar-refractivity contribution is 0.160. The Labute approximate surface area is 117 Å². The molecule has 2 aromatic rings. The maximum Gasteiger partial charge on any atom is 0.324 e. The van der Waals surface area contributed by atoms with E-state index in [4.69, 9.17) is 0 Å². The van der Waals surface area contributed by atoms with Gasteiger partial charge in [0.15, 0.2) is 6.23 Å². The predicted octanol–water partition coefficient (Wildman–Crippen LogP) is 2.15. The molecule has 2 atom stereocenters. The summed E-state index contributed by atoms with van der Waals surface area (Å²) >= 11 is 0. The SMILES string of the molecule is O=C1N[C@@H](Cc2ccccc2)C(O)N1c1ccccc1. The van der Waals surface area contributed by atoms with Crippen LogP contribution in [0.15, 0.2) is 60.7 Å². The first-order valence-electron chi connectivity index (χ1n) is 6.62. The van der Waals surface area contributed by atoms with Gasteiger partial charge in [-0.25, -0.2) is 4.79 Å². The molecular formula is C16H16N2O2. The molecule has 0 saturated carbocycles. The molecule has 1 fully saturated rings. The second-order valence-corrected chi connectivity index (χ2v) is 4.86. The Morgan fingerprint density at radius 2 is 1.60 bits per heavy atom. The van der Waals surface area contributed by atoms with Crippen molar-refractivity contribution in [1.82, 2.24) is 5.32 Å². The normalized spacial score (nSPS) is 21.9. The van der Waals surface area contributed by atoms with Crippen LogP contribution in [0.2, 0.25) is 0 Å². The highest BCUT2D eigenvalue weighted by Crippen LogP contribution is 2.23. The number of hydrogen-bond donors (Lipinski definition) is 2. The van der Waals surface area contributed by atoms with Gasteiger partial charge >= 0.3 is 6.03 Å². The molecule has 0 aliphatic carbocycles. The fourth-order valence-electron chi connectivity index (χ4n) is 2.49. The average Bonchev–Trinajstić information content (AvgIpc) is 2.75. The van der Waals surface area contributed by atoms with Gasteiger partial charge in [-0.1, -0.05) is 48.5 Å². The van der Waals surface area contributed by atoms with Crippen molar-refractivity contribution in [2.45, 2.75) is 18.7 Å². The maximum atomic E-state index is 12.0. The highest BCUT2D eigenvalue weighted by Gasteiger charge is 2.38. The van der Waals surface area contributed by atoms with E-state index in [0.717, 1.165) is 5.56 Å². The monoisotopic (exact) mass is 268 g/mol. The van der Waals surface area contributed by atoms with Crippen LogP contribution in [0, 0.1) is 0 Å². The highest BCUT2D eigenvalue weighted by molar-refractivity contribution is 5.95. The summed E-state index contributed by atoms with van der Waals surface area (Å²) in [5.74, 6) is 0. The van der Waals surface area contributed by atoms with Crippen molar-refractivity contribution in [3.05, 3.63) is 66.2 Å². The number of amides is 2. The lowest BCUT2D eigenvalue weighted by Crippen LogP contribution is -2.37. The van der Waals surface area contributed by atoms with Gasteiger partial charge in [-0.3, -0.25) is 4.90 Å². The fraction of sp³-hybridized carbons (Fsp3) is 0.188. The molecule has 1 unspecified atom stereocenters. The number of hydrogen-bond acceptors (Lipinski definition) is 2. The largest absolute Gasteiger partial charge is 0.371 e. The molecule has 20 heavy (non-hydrogen) atoms. The van der Waals surface area contributed by atoms with E-state index < -0.39 is 6.23 Å². The van der Waals surface area contributed by atoms with E-state index in [1.807, 2.05) is 60.7 Å². The number of rotatable bonds is 3. The van der Waals surface area contributed by atoms with Gasteiger partial charge in [-0.2, -0.15) is 0 Å². The molecule has 2 amide bonds. The zero-order valence-electron chi connectivity index (χ0n) is 10.9. The minimum absolute atomic E-state index is 0.260. The third kappa shape index (κ3) is 2.38. The summed E-state index contributed by atoms with van der Waals surface area (Å²) < 4.78 is 0. The average molecular weight is 268 g/mol. The molecular weight excluding hydrogens is 252 g/mol. The molecule has 2 aromatic carbocycles. The highest BCUT2D eigenvalue weighted by atomic mass is 16.3. The summed E-state index contributed by atoms with van der Waals surface area (Å²) in [7, 11) is 0. The second kappa shape index (κ2) is 5.35. The van der Waals surface area contributed by atoms with Crippen LogP contribution in [0.4, 0.5) is 10.5 Å². The predicted molar refractivity (Wildman–Crippen MR) is 77.4 cm³/mol. The number of carbonyl (C=O) groups excluding carboxylic acids is 1. The first-order valence-corrected chi connectivity index (χ1v) is 6.62. The molecule has 102 valence electrons. The number of benzene rings is 2. The molecule has 4 nitrogen and oxygen atoms in total. The van der Waals surface area contributed by atoms with E-state index in [9.17, 15) is 9.90 Å². The van der Waals surface area contributed by atoms with Crippen LogP contribution in [-0.4, -0.2) is 23.4 Å². The number of nitrogens with zero attached hydrogens (tertiary/aromatic N) is 1. The van der Waals surface area contributed by atoms with Gasteiger partial charge in [-0.15, -0.1) is 0 Å². The van der Waals surface area contributed by atoms with Gasteiger partial charge in [0.25, 0.3) is 0 Å². The molecule has 2 N–H and O–H groups in total. The standard InChI is InChI=1S/C16H16N2O2/c19-15-14(11-12-7-3-1-4-8-12)17-16(20)18(15)13-9-5-2-6-10-13/h1-10,14-15,19H,11H2,(H,17,20)/t14-,15?/m0/s1. The van der Waals surface area contributed by atoms with Crippen LogP contribution in [0.25, 0.3) is 0 Å². The van der Waals surface area contributed by atoms with Crippen molar-refractivity contribution >= 4 is 11.7 Å². The number of para-hydroxylation sites is 1. The van der Waals surface area contributed by atoms with Gasteiger partial charge in [0.05, 0.1) is 6.04 Å². The van der Waals surface area contributed by atoms with E-state index in [1.54, 1.807) is 0 Å². The Balaban J connectivity index is 1.79. The van der Waals surface area contributed by atoms with Crippen LogP contribution >= 0.6 is 0 Å². The number of carbonyl (C=O) groups is 1. The fourth-order valence-corrected chi connectivity index (χ4v) is 2.49. The number of anilines is 1. The molecule has 0 bridgehead atoms. The summed E-state index contributed by atoms with van der Waals surface area (Å²) in [6.07, 6.45) is -0.248. The van der Waals surface area contributed by atoms with Crippen LogP contribution in [0.3, 0.4) is 0 Å². The molecule has 1 heterocycles. The Hall–Kier alpha value is -2.33. The van der Waals surface area contributed by atoms with Crippen LogP contribution in [0.5, 0.6) is 0 Å². The van der Waals surface area contributed by atoms with E-state index in [2.05, 4.69) is 5.32 Å². The molecule has 1 saturated heterocycles. The number of urea groups is 1. The third-order valence-electron chi connectivity index (χ3n) is 3.48. The minimum atomic E-state index is -0.856. The van der Waals surface area contributed by atoms with Gasteiger partial charge in [-0.05, 0) is 24.1 Å². The van der Waals surface area contributed by atoms with Crippen LogP contribution in [-0.2, 0) is 6.42 Å². The van der Waals surface area contributed by atoms with Gasteiger partial charge in [0, 0.05) is 5.69 Å². The third-order valence-corrected chi connectivity index (χ3v) is 3.48. The lowest BCUT2D eigenvalue weighted by atomic mass is 10.1. The summed E-state index contributed by atoms with van der Waals surface area (Å²) in [6.45, 7) is 0. The Morgan fingerprint density at radius 1 is 1.00 bits per heavy atom. The molecule has 3 rings (SSSR count). The molecule has 1 aliphatic heterocycles. The van der Waals surface area contributed by atoms with Crippen LogP contribution < -0.4 is 10.2 Å². The van der Waals surface area contributed by atoms with E-state index in [1.165, 1.54) is 4.90 Å². The van der Waals surface area contributed by atoms with Crippen molar-refractivity contribution < 1.29 is 9.90 Å². The summed E-state index contributed by atoms with van der Waals surface area (Å²) in [4.78, 5) is 13.4. The first kappa shape index (κ1) is 12.7. The molecule has 4 heteroatoms. The van der Waals surface area contributed by atoms with Crippen molar-refractivity contribution in [2.75, 3.05) is 4.90 Å². The zero-order chi connectivity index (χ0) is 13.9. The second-order valence-electron chi connectivity index (χ2n) is 4.86. The van der Waals surface area contributed by atoms with Crippen LogP contribution in [0.1, 0.15) is 5.56 Å². The van der Waals surface area contributed by atoms with Gasteiger partial charge in [0.2, 0.25) is 0 Å². The Bertz CT molecular complexity index is 586. The minimum Gasteiger partial charge on any atom is -0.371 e. The van der Waals surface area contributed by atoms with E-state index in [-0.39, 0.29) is 12.1 Å². The number of nitrogens with one attached hydrogen (secondary N) is 1. The van der Waals surface area contributed by atoms with E-state index >= 15 is 0 Å². The van der Waals surface area contributed by atoms with Gasteiger partial charge in [0.1, 0.15) is 0 Å². The first-order chi connectivity index (χ1) is 9.75. The number of aliphatic hydroxyl groups is 1. The quantitative estimate of drug-likeness (QED) is 0.896. The molecule has 0 radical (unpaired) electrons. The van der Waals surface area contributed by atoms with Crippen molar-refractivity contribution in [1.29, 1.82) is 0 Å². The number of aliphatic hydroxyl groups excluding tert-OH is 1. The van der Waals surface area contributed by atoms with Gasteiger partial charge < -0.3 is 10.4 Å². The topological polar surface area (TPSA) is 52.6 Å². The molecule has 0 spiro atoms. The van der Waals surface area contributed by atoms with E-state index in [0.29, 0.717) is 12.1 Å².